The molecule has 0 atom stereocenters. The van der Waals surface area contributed by atoms with Crippen LogP contribution < -0.4 is 4.74 Å². The van der Waals surface area contributed by atoms with E-state index in [1.54, 1.807) is 16.7 Å². The fourth-order valence-corrected chi connectivity index (χ4v) is 4.08. The molecule has 0 saturated carbocycles. The average molecular weight is 448 g/mol. The highest BCUT2D eigenvalue weighted by molar-refractivity contribution is 5.94. The number of benzene rings is 2. The Kier molecular flexibility index (Phi) is 6.77. The van der Waals surface area contributed by atoms with Gasteiger partial charge in [-0.3, -0.25) is 9.59 Å². The van der Waals surface area contributed by atoms with Crippen molar-refractivity contribution in [1.29, 1.82) is 0 Å². The van der Waals surface area contributed by atoms with E-state index in [1.165, 1.54) is 0 Å². The number of esters is 1. The van der Waals surface area contributed by atoms with E-state index in [-0.39, 0.29) is 17.8 Å². The second kappa shape index (κ2) is 9.90. The summed E-state index contributed by atoms with van der Waals surface area (Å²) >= 11 is 0. The highest BCUT2D eigenvalue weighted by Crippen LogP contribution is 2.27. The lowest BCUT2D eigenvalue weighted by Crippen LogP contribution is -2.41. The van der Waals surface area contributed by atoms with Crippen molar-refractivity contribution in [1.82, 2.24) is 14.7 Å². The Hall–Kier alpha value is -3.61. The summed E-state index contributed by atoms with van der Waals surface area (Å²) in [5.41, 5.74) is 4.01. The zero-order chi connectivity index (χ0) is 23.4. The number of hydrogen-bond donors (Lipinski definition) is 0. The molecular formula is C26H29N3O4. The van der Waals surface area contributed by atoms with Gasteiger partial charge in [0, 0.05) is 18.7 Å². The fourth-order valence-electron chi connectivity index (χ4n) is 4.08. The smallest absolute Gasteiger partial charge is 0.309 e. The van der Waals surface area contributed by atoms with Crippen LogP contribution in [0.3, 0.4) is 0 Å². The lowest BCUT2D eigenvalue weighted by molar-refractivity contribution is -0.149. The van der Waals surface area contributed by atoms with Gasteiger partial charge in [0.25, 0.3) is 5.91 Å². The maximum absolute atomic E-state index is 13.6. The van der Waals surface area contributed by atoms with Gasteiger partial charge in [0.05, 0.1) is 31.0 Å². The Labute approximate surface area is 193 Å². The highest BCUT2D eigenvalue weighted by atomic mass is 16.5. The number of hydrogen-bond acceptors (Lipinski definition) is 5. The molecule has 0 aliphatic carbocycles. The van der Waals surface area contributed by atoms with Crippen LogP contribution in [0.4, 0.5) is 0 Å². The number of aryl methyl sites for hydroxylation is 1. The molecule has 1 saturated heterocycles. The van der Waals surface area contributed by atoms with Crippen molar-refractivity contribution in [3.8, 4) is 22.7 Å². The van der Waals surface area contributed by atoms with Crippen molar-refractivity contribution in [3.05, 3.63) is 65.9 Å². The molecule has 1 amide bonds. The number of carbonyl (C=O) groups is 2. The summed E-state index contributed by atoms with van der Waals surface area (Å²) in [5, 5.41) is 4.78. The SMILES string of the molecule is CCOC(=O)C1CCN(C(=O)c2cc(-c3cccc(OC)c3)nn2-c2ccc(C)cc2)CC1. The van der Waals surface area contributed by atoms with Gasteiger partial charge in [0.2, 0.25) is 0 Å². The molecule has 172 valence electrons. The molecule has 1 fully saturated rings. The van der Waals surface area contributed by atoms with E-state index in [1.807, 2.05) is 68.4 Å². The molecule has 1 aromatic heterocycles. The number of piperidine rings is 1. The predicted molar refractivity (Wildman–Crippen MR) is 126 cm³/mol. The van der Waals surface area contributed by atoms with E-state index >= 15 is 0 Å². The van der Waals surface area contributed by atoms with Gasteiger partial charge in [-0.05, 0) is 57.0 Å². The van der Waals surface area contributed by atoms with E-state index < -0.39 is 0 Å². The molecule has 0 radical (unpaired) electrons. The van der Waals surface area contributed by atoms with Crippen LogP contribution >= 0.6 is 0 Å². The largest absolute Gasteiger partial charge is 0.497 e. The average Bonchev–Trinajstić information content (AvgIpc) is 3.30. The summed E-state index contributed by atoms with van der Waals surface area (Å²) in [7, 11) is 1.62. The predicted octanol–water partition coefficient (Wildman–Crippen LogP) is 4.27. The van der Waals surface area contributed by atoms with E-state index in [0.717, 1.165) is 22.6 Å². The minimum Gasteiger partial charge on any atom is -0.497 e. The topological polar surface area (TPSA) is 73.7 Å². The normalized spacial score (nSPS) is 14.2. The number of amides is 1. The number of rotatable bonds is 6. The molecule has 0 unspecified atom stereocenters. The van der Waals surface area contributed by atoms with Crippen molar-refractivity contribution in [2.75, 3.05) is 26.8 Å². The second-order valence-electron chi connectivity index (χ2n) is 8.21. The first-order valence-corrected chi connectivity index (χ1v) is 11.3. The summed E-state index contributed by atoms with van der Waals surface area (Å²) in [6.45, 7) is 5.23. The number of likely N-dealkylation sites (tertiary alicyclic amines) is 1. The van der Waals surface area contributed by atoms with Crippen molar-refractivity contribution >= 4 is 11.9 Å². The second-order valence-corrected chi connectivity index (χ2v) is 8.21. The molecule has 0 spiro atoms. The van der Waals surface area contributed by atoms with Gasteiger partial charge >= 0.3 is 5.97 Å². The Morgan fingerprint density at radius 3 is 2.45 bits per heavy atom. The van der Waals surface area contributed by atoms with Gasteiger partial charge < -0.3 is 14.4 Å². The van der Waals surface area contributed by atoms with Gasteiger partial charge in [-0.25, -0.2) is 4.68 Å². The van der Waals surface area contributed by atoms with Gasteiger partial charge in [0.15, 0.2) is 0 Å². The molecule has 1 aliphatic rings. The zero-order valence-electron chi connectivity index (χ0n) is 19.3. The maximum atomic E-state index is 13.6. The van der Waals surface area contributed by atoms with Gasteiger partial charge in [-0.2, -0.15) is 5.10 Å². The first-order valence-electron chi connectivity index (χ1n) is 11.3. The van der Waals surface area contributed by atoms with Crippen LogP contribution in [0.1, 0.15) is 35.8 Å². The van der Waals surface area contributed by atoms with E-state index in [0.29, 0.717) is 43.9 Å². The standard InChI is InChI=1S/C26H29N3O4/c1-4-33-26(31)19-12-14-28(15-13-19)25(30)24-17-23(20-6-5-7-22(16-20)32-3)27-29(24)21-10-8-18(2)9-11-21/h5-11,16-17,19H,4,12-15H2,1-3H3. The van der Waals surface area contributed by atoms with E-state index in [9.17, 15) is 9.59 Å². The van der Waals surface area contributed by atoms with Gasteiger partial charge in [0.1, 0.15) is 11.4 Å². The minimum atomic E-state index is -0.172. The van der Waals surface area contributed by atoms with Gasteiger partial charge in [-0.1, -0.05) is 29.8 Å². The van der Waals surface area contributed by atoms with Crippen LogP contribution in [0.15, 0.2) is 54.6 Å². The van der Waals surface area contributed by atoms with Crippen LogP contribution in [0.5, 0.6) is 5.75 Å². The quantitative estimate of drug-likeness (QED) is 0.528. The Bertz CT molecular complexity index is 1130. The summed E-state index contributed by atoms with van der Waals surface area (Å²) in [6.07, 6.45) is 1.21. The van der Waals surface area contributed by atoms with E-state index in [4.69, 9.17) is 14.6 Å². The van der Waals surface area contributed by atoms with Crippen LogP contribution in [0.25, 0.3) is 16.9 Å². The molecule has 7 heteroatoms. The summed E-state index contributed by atoms with van der Waals surface area (Å²) in [5.74, 6) is 0.309. The number of carbonyl (C=O) groups excluding carboxylic acids is 2. The number of methoxy groups -OCH3 is 1. The summed E-state index contributed by atoms with van der Waals surface area (Å²) in [6, 6.07) is 17.4. The van der Waals surface area contributed by atoms with Crippen molar-refractivity contribution in [2.24, 2.45) is 5.92 Å². The molecule has 7 nitrogen and oxygen atoms in total. The Morgan fingerprint density at radius 1 is 1.06 bits per heavy atom. The molecule has 1 aliphatic heterocycles. The number of ether oxygens (including phenoxy) is 2. The molecular weight excluding hydrogens is 418 g/mol. The monoisotopic (exact) mass is 447 g/mol. The Balaban J connectivity index is 1.64. The minimum absolute atomic E-state index is 0.0977. The van der Waals surface area contributed by atoms with Gasteiger partial charge in [-0.15, -0.1) is 0 Å². The van der Waals surface area contributed by atoms with Crippen LogP contribution in [0, 0.1) is 12.8 Å². The van der Waals surface area contributed by atoms with Crippen molar-refractivity contribution in [3.63, 3.8) is 0 Å². The lowest BCUT2D eigenvalue weighted by Gasteiger charge is -2.30. The third-order valence-corrected chi connectivity index (χ3v) is 5.97. The molecule has 0 bridgehead atoms. The molecule has 33 heavy (non-hydrogen) atoms. The van der Waals surface area contributed by atoms with Crippen LogP contribution in [0.2, 0.25) is 0 Å². The van der Waals surface area contributed by atoms with Crippen LogP contribution in [-0.4, -0.2) is 53.4 Å². The maximum Gasteiger partial charge on any atom is 0.309 e. The Morgan fingerprint density at radius 2 is 1.79 bits per heavy atom. The third kappa shape index (κ3) is 4.92. The van der Waals surface area contributed by atoms with E-state index in [2.05, 4.69) is 0 Å². The van der Waals surface area contributed by atoms with Crippen molar-refractivity contribution < 1.29 is 19.1 Å². The number of aromatic nitrogens is 2. The first-order chi connectivity index (χ1) is 16.0. The van der Waals surface area contributed by atoms with Crippen molar-refractivity contribution in [2.45, 2.75) is 26.7 Å². The zero-order valence-corrected chi connectivity index (χ0v) is 19.3. The molecule has 2 aromatic carbocycles. The van der Waals surface area contributed by atoms with Crippen LogP contribution in [-0.2, 0) is 9.53 Å². The first kappa shape index (κ1) is 22.6. The lowest BCUT2D eigenvalue weighted by atomic mass is 9.97. The molecule has 0 N–H and O–H groups in total. The summed E-state index contributed by atoms with van der Waals surface area (Å²) < 4.78 is 12.2. The molecule has 4 rings (SSSR count). The third-order valence-electron chi connectivity index (χ3n) is 5.97. The molecule has 3 aromatic rings. The summed E-state index contributed by atoms with van der Waals surface area (Å²) in [4.78, 5) is 27.4. The highest BCUT2D eigenvalue weighted by Gasteiger charge is 2.30. The number of nitrogens with zero attached hydrogens (tertiary/aromatic N) is 3. The fraction of sp³-hybridized carbons (Fsp3) is 0.346. The molecule has 2 heterocycles.